The van der Waals surface area contributed by atoms with Crippen LogP contribution in [0.2, 0.25) is 10.0 Å². The molecule has 0 radical (unpaired) electrons. The lowest BCUT2D eigenvalue weighted by Crippen LogP contribution is -2.22. The average molecular weight is 440 g/mol. The Kier molecular flexibility index (Phi) is 4.66. The molecule has 7 nitrogen and oxygen atoms in total. The summed E-state index contributed by atoms with van der Waals surface area (Å²) in [5, 5.41) is 1.23. The maximum atomic E-state index is 13.3. The Labute approximate surface area is 180 Å². The molecule has 0 saturated carbocycles. The summed E-state index contributed by atoms with van der Waals surface area (Å²) in [6, 6.07) is 12.7. The number of benzene rings is 2. The molecular weight excluding hydrogens is 425 g/mol. The number of rotatable bonds is 4. The molecule has 0 amide bonds. The highest BCUT2D eigenvalue weighted by molar-refractivity contribution is 6.42. The molecule has 3 heterocycles. The standard InChI is InChI=1S/C21H15Cl2N5O2/c1-30-9-8-27-11-24-19-17(21(27)29)18-20(26-16-5-3-2-4-15(16)25-18)28(19)12-6-7-13(22)14(23)10-12/h2-7,10-11H,8-9H2,1H3. The number of methoxy groups -OCH3 is 1. The van der Waals surface area contributed by atoms with E-state index in [1.807, 2.05) is 30.3 Å². The summed E-state index contributed by atoms with van der Waals surface area (Å²) in [7, 11) is 1.59. The molecule has 0 aliphatic carbocycles. The van der Waals surface area contributed by atoms with Crippen molar-refractivity contribution >= 4 is 56.4 Å². The topological polar surface area (TPSA) is 74.8 Å². The summed E-state index contributed by atoms with van der Waals surface area (Å²) < 4.78 is 8.41. The zero-order valence-corrected chi connectivity index (χ0v) is 17.4. The first-order valence-electron chi connectivity index (χ1n) is 9.19. The third-order valence-electron chi connectivity index (χ3n) is 4.93. The van der Waals surface area contributed by atoms with Crippen LogP contribution in [0.1, 0.15) is 0 Å². The molecule has 0 spiro atoms. The van der Waals surface area contributed by atoms with Gasteiger partial charge in [-0.15, -0.1) is 0 Å². The van der Waals surface area contributed by atoms with Gasteiger partial charge in [-0.25, -0.2) is 15.0 Å². The molecule has 30 heavy (non-hydrogen) atoms. The maximum absolute atomic E-state index is 13.3. The summed E-state index contributed by atoms with van der Waals surface area (Å²) in [6.07, 6.45) is 1.51. The van der Waals surface area contributed by atoms with Gasteiger partial charge in [-0.3, -0.25) is 13.9 Å². The molecule has 0 saturated heterocycles. The minimum Gasteiger partial charge on any atom is -0.383 e. The van der Waals surface area contributed by atoms with E-state index in [9.17, 15) is 4.79 Å². The van der Waals surface area contributed by atoms with E-state index in [1.165, 1.54) is 10.9 Å². The van der Waals surface area contributed by atoms with Gasteiger partial charge in [0.05, 0.1) is 39.9 Å². The summed E-state index contributed by atoms with van der Waals surface area (Å²) >= 11 is 12.4. The third kappa shape index (κ3) is 2.94. The smallest absolute Gasteiger partial charge is 0.265 e. The van der Waals surface area contributed by atoms with E-state index in [4.69, 9.17) is 37.9 Å². The molecule has 5 rings (SSSR count). The summed E-state index contributed by atoms with van der Waals surface area (Å²) in [6.45, 7) is 0.784. The number of ether oxygens (including phenoxy) is 1. The molecule has 0 bridgehead atoms. The number of hydrogen-bond donors (Lipinski definition) is 0. The fraction of sp³-hybridized carbons (Fsp3) is 0.143. The van der Waals surface area contributed by atoms with Gasteiger partial charge in [0.25, 0.3) is 5.56 Å². The SMILES string of the molecule is COCCn1cnc2c(c1=O)c1nc3ccccc3nc1n2-c1ccc(Cl)c(Cl)c1. The minimum absolute atomic E-state index is 0.203. The number of fused-ring (bicyclic) bond motifs is 4. The Hall–Kier alpha value is -3.00. The number of aromatic nitrogens is 5. The van der Waals surface area contributed by atoms with Crippen LogP contribution < -0.4 is 5.56 Å². The van der Waals surface area contributed by atoms with Gasteiger partial charge in [0.15, 0.2) is 11.3 Å². The lowest BCUT2D eigenvalue weighted by molar-refractivity contribution is 0.186. The minimum atomic E-state index is -0.203. The van der Waals surface area contributed by atoms with Crippen LogP contribution in [0.5, 0.6) is 0 Å². The van der Waals surface area contributed by atoms with E-state index in [0.29, 0.717) is 62.1 Å². The quantitative estimate of drug-likeness (QED) is 0.418. The van der Waals surface area contributed by atoms with Crippen molar-refractivity contribution in [3.63, 3.8) is 0 Å². The van der Waals surface area contributed by atoms with E-state index >= 15 is 0 Å². The van der Waals surface area contributed by atoms with Crippen molar-refractivity contribution in [3.8, 4) is 5.69 Å². The van der Waals surface area contributed by atoms with Gasteiger partial charge < -0.3 is 4.74 Å². The lowest BCUT2D eigenvalue weighted by atomic mass is 10.3. The zero-order valence-electron chi connectivity index (χ0n) is 15.8. The molecule has 0 atom stereocenters. The normalized spacial score (nSPS) is 11.7. The van der Waals surface area contributed by atoms with Crippen molar-refractivity contribution in [2.75, 3.05) is 13.7 Å². The average Bonchev–Trinajstić information content (AvgIpc) is 3.07. The van der Waals surface area contributed by atoms with Gasteiger partial charge in [-0.1, -0.05) is 35.3 Å². The zero-order chi connectivity index (χ0) is 20.8. The Morgan fingerprint density at radius 2 is 1.77 bits per heavy atom. The monoisotopic (exact) mass is 439 g/mol. The van der Waals surface area contributed by atoms with Crippen LogP contribution in [-0.2, 0) is 11.3 Å². The van der Waals surface area contributed by atoms with Gasteiger partial charge in [0.1, 0.15) is 17.2 Å². The number of nitrogens with zero attached hydrogens (tertiary/aromatic N) is 5. The van der Waals surface area contributed by atoms with Crippen LogP contribution in [0.4, 0.5) is 0 Å². The molecule has 0 aliphatic heterocycles. The van der Waals surface area contributed by atoms with E-state index in [0.717, 1.165) is 0 Å². The first-order chi connectivity index (χ1) is 14.6. The first kappa shape index (κ1) is 19.0. The van der Waals surface area contributed by atoms with Gasteiger partial charge >= 0.3 is 0 Å². The van der Waals surface area contributed by atoms with Crippen molar-refractivity contribution in [1.29, 1.82) is 0 Å². The highest BCUT2D eigenvalue weighted by Crippen LogP contribution is 2.31. The van der Waals surface area contributed by atoms with Crippen molar-refractivity contribution in [2.45, 2.75) is 6.54 Å². The highest BCUT2D eigenvalue weighted by Gasteiger charge is 2.21. The van der Waals surface area contributed by atoms with Gasteiger partial charge in [-0.05, 0) is 30.3 Å². The second-order valence-corrected chi connectivity index (χ2v) is 7.57. The second kappa shape index (κ2) is 7.36. The predicted octanol–water partition coefficient (Wildman–Crippen LogP) is 4.24. The number of para-hydroxylation sites is 2. The molecule has 9 heteroatoms. The first-order valence-corrected chi connectivity index (χ1v) is 9.95. The Bertz CT molecular complexity index is 1490. The highest BCUT2D eigenvalue weighted by atomic mass is 35.5. The Morgan fingerprint density at radius 3 is 2.50 bits per heavy atom. The van der Waals surface area contributed by atoms with Crippen LogP contribution in [-0.4, -0.2) is 37.8 Å². The summed E-state index contributed by atoms with van der Waals surface area (Å²) in [5.74, 6) is 0. The molecule has 0 unspecified atom stereocenters. The summed E-state index contributed by atoms with van der Waals surface area (Å²) in [4.78, 5) is 27.4. The van der Waals surface area contributed by atoms with Crippen LogP contribution in [0.15, 0.2) is 53.6 Å². The molecule has 0 fully saturated rings. The molecule has 0 aliphatic rings. The molecule has 3 aromatic heterocycles. The maximum Gasteiger partial charge on any atom is 0.265 e. The van der Waals surface area contributed by atoms with Crippen molar-refractivity contribution in [2.24, 2.45) is 0 Å². The van der Waals surface area contributed by atoms with Crippen LogP contribution in [0.3, 0.4) is 0 Å². The van der Waals surface area contributed by atoms with Crippen LogP contribution in [0.25, 0.3) is 38.9 Å². The fourth-order valence-electron chi connectivity index (χ4n) is 3.49. The van der Waals surface area contributed by atoms with E-state index < -0.39 is 0 Å². The van der Waals surface area contributed by atoms with Crippen molar-refractivity contribution in [1.82, 2.24) is 24.1 Å². The van der Waals surface area contributed by atoms with Gasteiger partial charge in [0, 0.05) is 7.11 Å². The van der Waals surface area contributed by atoms with Gasteiger partial charge in [0.2, 0.25) is 0 Å². The van der Waals surface area contributed by atoms with Gasteiger partial charge in [-0.2, -0.15) is 0 Å². The molecule has 150 valence electrons. The van der Waals surface area contributed by atoms with Crippen LogP contribution in [0, 0.1) is 0 Å². The molecule has 2 aromatic carbocycles. The number of halogens is 2. The number of hydrogen-bond acceptors (Lipinski definition) is 5. The molecule has 0 N–H and O–H groups in total. The van der Waals surface area contributed by atoms with E-state index in [2.05, 4.69) is 4.98 Å². The molecule has 5 aromatic rings. The Balaban J connectivity index is 1.93. The van der Waals surface area contributed by atoms with Crippen LogP contribution >= 0.6 is 23.2 Å². The van der Waals surface area contributed by atoms with E-state index in [1.54, 1.807) is 23.8 Å². The van der Waals surface area contributed by atoms with Crippen molar-refractivity contribution in [3.05, 3.63) is 69.2 Å². The predicted molar refractivity (Wildman–Crippen MR) is 118 cm³/mol. The van der Waals surface area contributed by atoms with Crippen molar-refractivity contribution < 1.29 is 4.74 Å². The molecular formula is C21H15Cl2N5O2. The van der Waals surface area contributed by atoms with E-state index in [-0.39, 0.29) is 5.56 Å². The largest absolute Gasteiger partial charge is 0.383 e. The fourth-order valence-corrected chi connectivity index (χ4v) is 3.78. The lowest BCUT2D eigenvalue weighted by Gasteiger charge is -2.08. The summed E-state index contributed by atoms with van der Waals surface area (Å²) in [5.41, 5.74) is 3.37. The third-order valence-corrected chi connectivity index (χ3v) is 5.67. The second-order valence-electron chi connectivity index (χ2n) is 6.75. The Morgan fingerprint density at radius 1 is 1.00 bits per heavy atom.